The van der Waals surface area contributed by atoms with Crippen LogP contribution in [0.25, 0.3) is 6.08 Å². The van der Waals surface area contributed by atoms with Crippen LogP contribution in [0.2, 0.25) is 5.02 Å². The summed E-state index contributed by atoms with van der Waals surface area (Å²) in [7, 11) is 1.57. The quantitative estimate of drug-likeness (QED) is 0.377. The molecular formula is C25H19ClO5. The molecule has 0 radical (unpaired) electrons. The fraction of sp³-hybridized carbons (Fsp3) is 0.120. The van der Waals surface area contributed by atoms with Gasteiger partial charge in [0.05, 0.1) is 12.7 Å². The largest absolute Gasteiger partial charge is 0.497 e. The topological polar surface area (TPSA) is 61.8 Å². The van der Waals surface area contributed by atoms with Crippen LogP contribution < -0.4 is 14.2 Å². The van der Waals surface area contributed by atoms with Crippen molar-refractivity contribution in [2.45, 2.75) is 6.92 Å². The molecule has 0 saturated carbocycles. The molecule has 0 N–H and O–H groups in total. The third-order valence-electron chi connectivity index (χ3n) is 4.98. The highest BCUT2D eigenvalue weighted by Crippen LogP contribution is 2.39. The Bertz CT molecular complexity index is 1180. The normalized spacial score (nSPS) is 13.6. The van der Waals surface area contributed by atoms with Crippen LogP contribution in [0.5, 0.6) is 17.2 Å². The Labute approximate surface area is 184 Å². The molecule has 0 fully saturated rings. The lowest BCUT2D eigenvalue weighted by Gasteiger charge is -2.11. The Morgan fingerprint density at radius 2 is 1.74 bits per heavy atom. The Hall–Kier alpha value is -3.57. The third-order valence-corrected chi connectivity index (χ3v) is 5.23. The van der Waals surface area contributed by atoms with E-state index in [1.807, 2.05) is 0 Å². The molecule has 1 heterocycles. The second-order valence-corrected chi connectivity index (χ2v) is 7.43. The zero-order valence-corrected chi connectivity index (χ0v) is 17.7. The number of carbonyl (C=O) groups excluding carboxylic acids is 2. The monoisotopic (exact) mass is 434 g/mol. The van der Waals surface area contributed by atoms with Crippen molar-refractivity contribution >= 4 is 29.2 Å². The molecule has 156 valence electrons. The molecule has 5 nitrogen and oxygen atoms in total. The van der Waals surface area contributed by atoms with Crippen molar-refractivity contribution < 1.29 is 23.8 Å². The van der Waals surface area contributed by atoms with E-state index in [1.165, 1.54) is 0 Å². The zero-order valence-electron chi connectivity index (χ0n) is 17.0. The van der Waals surface area contributed by atoms with E-state index in [1.54, 1.807) is 80.8 Å². The van der Waals surface area contributed by atoms with Gasteiger partial charge in [-0.05, 0) is 67.1 Å². The molecule has 0 atom stereocenters. The van der Waals surface area contributed by atoms with Gasteiger partial charge in [-0.2, -0.15) is 0 Å². The molecule has 0 spiro atoms. The summed E-state index contributed by atoms with van der Waals surface area (Å²) in [5.41, 5.74) is 2.46. The Balaban J connectivity index is 1.50. The van der Waals surface area contributed by atoms with Crippen LogP contribution >= 0.6 is 11.6 Å². The molecule has 0 bridgehead atoms. The van der Waals surface area contributed by atoms with Gasteiger partial charge in [-0.25, -0.2) is 0 Å². The van der Waals surface area contributed by atoms with Gasteiger partial charge >= 0.3 is 0 Å². The number of ether oxygens (including phenoxy) is 3. The number of halogens is 1. The smallest absolute Gasteiger partial charge is 0.231 e. The van der Waals surface area contributed by atoms with Crippen molar-refractivity contribution in [3.63, 3.8) is 0 Å². The number of benzene rings is 3. The lowest BCUT2D eigenvalue weighted by molar-refractivity contribution is 0.0920. The van der Waals surface area contributed by atoms with E-state index in [0.717, 1.165) is 5.56 Å². The van der Waals surface area contributed by atoms with Crippen LogP contribution in [0.3, 0.4) is 0 Å². The fourth-order valence-corrected chi connectivity index (χ4v) is 3.36. The lowest BCUT2D eigenvalue weighted by Crippen LogP contribution is -2.12. The highest BCUT2D eigenvalue weighted by atomic mass is 35.5. The average molecular weight is 435 g/mol. The molecule has 1 aliphatic rings. The molecule has 0 aliphatic carbocycles. The first-order chi connectivity index (χ1) is 15.0. The molecular weight excluding hydrogens is 416 g/mol. The second-order valence-electron chi connectivity index (χ2n) is 7.00. The zero-order chi connectivity index (χ0) is 22.0. The molecule has 3 aromatic rings. The van der Waals surface area contributed by atoms with Crippen molar-refractivity contribution in [2.75, 3.05) is 13.7 Å². The van der Waals surface area contributed by atoms with Crippen LogP contribution in [0.1, 0.15) is 31.8 Å². The average Bonchev–Trinajstić information content (AvgIpc) is 3.11. The van der Waals surface area contributed by atoms with Crippen LogP contribution in [0, 0.1) is 6.92 Å². The van der Waals surface area contributed by atoms with Gasteiger partial charge in [0.1, 0.15) is 17.2 Å². The number of methoxy groups -OCH3 is 1. The van der Waals surface area contributed by atoms with Gasteiger partial charge in [0, 0.05) is 16.1 Å². The third kappa shape index (κ3) is 4.32. The second kappa shape index (κ2) is 8.66. The van der Waals surface area contributed by atoms with E-state index in [-0.39, 0.29) is 23.9 Å². The van der Waals surface area contributed by atoms with E-state index in [9.17, 15) is 9.59 Å². The first-order valence-corrected chi connectivity index (χ1v) is 9.97. The minimum absolute atomic E-state index is 0.132. The summed E-state index contributed by atoms with van der Waals surface area (Å²) >= 11 is 5.91. The van der Waals surface area contributed by atoms with Gasteiger partial charge in [0.15, 0.2) is 18.1 Å². The molecule has 1 aliphatic heterocycles. The van der Waals surface area contributed by atoms with Crippen molar-refractivity contribution in [1.29, 1.82) is 0 Å². The molecule has 31 heavy (non-hydrogen) atoms. The number of hydrogen-bond acceptors (Lipinski definition) is 5. The predicted molar refractivity (Wildman–Crippen MR) is 118 cm³/mol. The highest BCUT2D eigenvalue weighted by molar-refractivity contribution is 6.30. The maximum Gasteiger partial charge on any atom is 0.231 e. The first-order valence-electron chi connectivity index (χ1n) is 9.59. The van der Waals surface area contributed by atoms with E-state index >= 15 is 0 Å². The predicted octanol–water partition coefficient (Wildman–Crippen LogP) is 5.53. The first kappa shape index (κ1) is 20.7. The molecule has 4 rings (SSSR count). The van der Waals surface area contributed by atoms with Gasteiger partial charge < -0.3 is 14.2 Å². The number of rotatable bonds is 6. The van der Waals surface area contributed by atoms with E-state index in [0.29, 0.717) is 39.0 Å². The summed E-state index contributed by atoms with van der Waals surface area (Å²) in [5.74, 6) is 1.47. The number of fused-ring (bicyclic) bond motifs is 1. The minimum Gasteiger partial charge on any atom is -0.497 e. The van der Waals surface area contributed by atoms with Crippen LogP contribution in [-0.4, -0.2) is 25.3 Å². The Morgan fingerprint density at radius 1 is 1.03 bits per heavy atom. The van der Waals surface area contributed by atoms with E-state index in [2.05, 4.69) is 0 Å². The maximum absolute atomic E-state index is 12.7. The minimum atomic E-state index is -0.200. The van der Waals surface area contributed by atoms with Crippen molar-refractivity contribution in [3.8, 4) is 17.2 Å². The lowest BCUT2D eigenvalue weighted by atomic mass is 10.1. The number of carbonyl (C=O) groups is 2. The molecule has 0 saturated heterocycles. The SMILES string of the molecule is COc1ccc(C(=O)COc2ccc3c(c2C)O/C(=C\c2ccc(Cl)cc2)C3=O)cc1. The van der Waals surface area contributed by atoms with E-state index in [4.69, 9.17) is 25.8 Å². The van der Waals surface area contributed by atoms with Gasteiger partial charge in [0.25, 0.3) is 0 Å². The van der Waals surface area contributed by atoms with Crippen molar-refractivity contribution in [1.82, 2.24) is 0 Å². The van der Waals surface area contributed by atoms with E-state index < -0.39 is 0 Å². The number of ketones is 2. The van der Waals surface area contributed by atoms with Gasteiger partial charge in [0.2, 0.25) is 5.78 Å². The molecule has 0 unspecified atom stereocenters. The summed E-state index contributed by atoms with van der Waals surface area (Å²) in [6, 6.07) is 17.3. The summed E-state index contributed by atoms with van der Waals surface area (Å²) in [4.78, 5) is 25.1. The van der Waals surface area contributed by atoms with Gasteiger partial charge in [-0.1, -0.05) is 23.7 Å². The summed E-state index contributed by atoms with van der Waals surface area (Å²) in [6.07, 6.45) is 1.67. The van der Waals surface area contributed by atoms with Crippen LogP contribution in [-0.2, 0) is 0 Å². The highest BCUT2D eigenvalue weighted by Gasteiger charge is 2.30. The van der Waals surface area contributed by atoms with Crippen molar-refractivity contribution in [3.05, 3.63) is 93.7 Å². The standard InChI is InChI=1S/C25H19ClO5/c1-15-22(30-14-21(27)17-5-9-19(29-2)10-6-17)12-11-20-24(28)23(31-25(15)20)13-16-3-7-18(26)8-4-16/h3-13H,14H2,1-2H3/b23-13-. The maximum atomic E-state index is 12.7. The van der Waals surface area contributed by atoms with Crippen molar-refractivity contribution in [2.24, 2.45) is 0 Å². The molecule has 0 aromatic heterocycles. The van der Waals surface area contributed by atoms with Gasteiger partial charge in [-0.3, -0.25) is 9.59 Å². The van der Waals surface area contributed by atoms with Crippen LogP contribution in [0.4, 0.5) is 0 Å². The molecule has 6 heteroatoms. The Kier molecular flexibility index (Phi) is 5.78. The number of hydrogen-bond donors (Lipinski definition) is 0. The number of Topliss-reactive ketones (excluding diaryl/α,β-unsaturated/α-hetero) is 2. The van der Waals surface area contributed by atoms with Crippen LogP contribution in [0.15, 0.2) is 66.4 Å². The number of allylic oxidation sites excluding steroid dienone is 1. The fourth-order valence-electron chi connectivity index (χ4n) is 3.24. The Morgan fingerprint density at radius 3 is 2.42 bits per heavy atom. The summed E-state index contributed by atoms with van der Waals surface area (Å²) in [5, 5.41) is 0.617. The van der Waals surface area contributed by atoms with Gasteiger partial charge in [-0.15, -0.1) is 0 Å². The summed E-state index contributed by atoms with van der Waals surface area (Å²) < 4.78 is 16.7. The molecule has 0 amide bonds. The molecule has 3 aromatic carbocycles. The summed E-state index contributed by atoms with van der Waals surface area (Å²) in [6.45, 7) is 1.66.